The van der Waals surface area contributed by atoms with E-state index in [-0.39, 0.29) is 41.3 Å². The number of aromatic nitrogens is 8. The number of carbonyl (C=O) groups excluding carboxylic acids is 2. The maximum atomic E-state index is 13.3. The third-order valence-corrected chi connectivity index (χ3v) is 7.79. The first-order valence-corrected chi connectivity index (χ1v) is 13.4. The van der Waals surface area contributed by atoms with Crippen molar-refractivity contribution in [3.8, 4) is 22.4 Å². The SMILES string of the molecule is CC(=O)c1c([C@@H]2C[C@@H](C)N(C(=O)c3cc(N)n[nH]3)[C@@H](C)C2)nc2c(-c3ccc(-c4cnn(C)c4)nc3)cnn2c1N. The van der Waals surface area contributed by atoms with Crippen LogP contribution in [0.4, 0.5) is 11.6 Å². The summed E-state index contributed by atoms with van der Waals surface area (Å²) >= 11 is 0. The van der Waals surface area contributed by atoms with Crippen molar-refractivity contribution in [2.75, 3.05) is 11.5 Å². The van der Waals surface area contributed by atoms with E-state index in [9.17, 15) is 9.59 Å². The molecule has 1 aliphatic rings. The van der Waals surface area contributed by atoms with Gasteiger partial charge >= 0.3 is 0 Å². The zero-order valence-corrected chi connectivity index (χ0v) is 23.2. The molecule has 41 heavy (non-hydrogen) atoms. The van der Waals surface area contributed by atoms with Gasteiger partial charge in [-0.25, -0.2) is 4.98 Å². The van der Waals surface area contributed by atoms with Gasteiger partial charge in [-0.05, 0) is 39.7 Å². The van der Waals surface area contributed by atoms with Gasteiger partial charge in [0.1, 0.15) is 17.3 Å². The minimum atomic E-state index is -0.182. The molecule has 0 spiro atoms. The molecule has 1 fully saturated rings. The molecule has 210 valence electrons. The average Bonchev–Trinajstić information content (AvgIpc) is 3.68. The van der Waals surface area contributed by atoms with Gasteiger partial charge in [0, 0.05) is 60.2 Å². The predicted molar refractivity (Wildman–Crippen MR) is 153 cm³/mol. The van der Waals surface area contributed by atoms with Crippen LogP contribution in [0.3, 0.4) is 0 Å². The number of rotatable bonds is 5. The number of nitrogen functional groups attached to an aromatic ring is 2. The molecule has 0 bridgehead atoms. The molecule has 1 amide bonds. The number of anilines is 2. The zero-order valence-electron chi connectivity index (χ0n) is 23.2. The van der Waals surface area contributed by atoms with Gasteiger partial charge in [-0.15, -0.1) is 0 Å². The second-order valence-electron chi connectivity index (χ2n) is 10.7. The van der Waals surface area contributed by atoms with E-state index < -0.39 is 0 Å². The lowest BCUT2D eigenvalue weighted by Crippen LogP contribution is -2.49. The van der Waals surface area contributed by atoms with Crippen molar-refractivity contribution >= 4 is 29.0 Å². The molecule has 5 N–H and O–H groups in total. The Labute approximate surface area is 235 Å². The van der Waals surface area contributed by atoms with E-state index in [2.05, 4.69) is 25.4 Å². The van der Waals surface area contributed by atoms with Gasteiger partial charge in [-0.2, -0.15) is 19.8 Å². The van der Waals surface area contributed by atoms with Crippen LogP contribution in [0.2, 0.25) is 0 Å². The Hall–Kier alpha value is -5.07. The molecule has 13 nitrogen and oxygen atoms in total. The van der Waals surface area contributed by atoms with Crippen molar-refractivity contribution in [2.45, 2.75) is 51.6 Å². The fourth-order valence-electron chi connectivity index (χ4n) is 5.96. The Morgan fingerprint density at radius 1 is 1.02 bits per heavy atom. The van der Waals surface area contributed by atoms with Gasteiger partial charge < -0.3 is 16.4 Å². The highest BCUT2D eigenvalue weighted by Gasteiger charge is 2.38. The lowest BCUT2D eigenvalue weighted by atomic mass is 9.82. The van der Waals surface area contributed by atoms with Gasteiger partial charge in [-0.3, -0.25) is 24.4 Å². The highest BCUT2D eigenvalue weighted by atomic mass is 16.2. The summed E-state index contributed by atoms with van der Waals surface area (Å²) < 4.78 is 3.24. The minimum Gasteiger partial charge on any atom is -0.383 e. The van der Waals surface area contributed by atoms with E-state index in [4.69, 9.17) is 16.5 Å². The summed E-state index contributed by atoms with van der Waals surface area (Å²) in [6.45, 7) is 5.48. The van der Waals surface area contributed by atoms with Crippen LogP contribution >= 0.6 is 0 Å². The summed E-state index contributed by atoms with van der Waals surface area (Å²) in [5, 5.41) is 15.3. The number of hydrogen-bond acceptors (Lipinski definition) is 9. The number of nitrogens with one attached hydrogen (secondary N) is 1. The Morgan fingerprint density at radius 3 is 2.37 bits per heavy atom. The minimum absolute atomic E-state index is 0.101. The maximum Gasteiger partial charge on any atom is 0.272 e. The molecule has 0 unspecified atom stereocenters. The number of Topliss-reactive ketones (excluding diaryl/α,β-unsaturated/α-hetero) is 1. The average molecular weight is 554 g/mol. The van der Waals surface area contributed by atoms with Gasteiger partial charge in [0.15, 0.2) is 11.4 Å². The number of hydrogen-bond donors (Lipinski definition) is 3. The molecular formula is C28H31N11O2. The number of ketones is 1. The van der Waals surface area contributed by atoms with Crippen LogP contribution in [0.1, 0.15) is 66.1 Å². The highest BCUT2D eigenvalue weighted by Crippen LogP contribution is 2.39. The molecule has 6 heterocycles. The van der Waals surface area contributed by atoms with Crippen LogP contribution in [0.5, 0.6) is 0 Å². The van der Waals surface area contributed by atoms with Crippen molar-refractivity contribution in [1.29, 1.82) is 0 Å². The third-order valence-electron chi connectivity index (χ3n) is 7.79. The number of carbonyl (C=O) groups is 2. The van der Waals surface area contributed by atoms with Crippen molar-refractivity contribution in [2.24, 2.45) is 7.05 Å². The number of aryl methyl sites for hydroxylation is 1. The fraction of sp³-hybridized carbons (Fsp3) is 0.321. The molecule has 13 heteroatoms. The number of nitrogens with zero attached hydrogens (tertiary/aromatic N) is 8. The largest absolute Gasteiger partial charge is 0.383 e. The molecule has 0 radical (unpaired) electrons. The van der Waals surface area contributed by atoms with E-state index in [1.807, 2.05) is 44.1 Å². The Bertz CT molecular complexity index is 1770. The number of pyridine rings is 1. The van der Waals surface area contributed by atoms with E-state index in [1.54, 1.807) is 23.3 Å². The molecule has 0 aromatic carbocycles. The van der Waals surface area contributed by atoms with Crippen LogP contribution in [0.15, 0.2) is 43.0 Å². The summed E-state index contributed by atoms with van der Waals surface area (Å²) in [6.07, 6.45) is 8.34. The molecule has 0 saturated carbocycles. The standard InChI is InChI=1S/C28H31N11O2/c1-14-7-18(8-15(2)38(14)28(41)22-9-23(29)36-35-22)25-24(16(3)40)26(30)39-27(34-25)20(12-33-39)17-5-6-21(31-10-17)19-11-32-37(4)13-19/h5-6,9-15,18H,7-8,30H2,1-4H3,(H3,29,35,36)/t14-,15+,18-. The lowest BCUT2D eigenvalue weighted by molar-refractivity contribution is 0.0469. The van der Waals surface area contributed by atoms with E-state index in [0.717, 1.165) is 22.4 Å². The molecule has 5 aromatic rings. The van der Waals surface area contributed by atoms with E-state index in [0.29, 0.717) is 35.4 Å². The number of fused-ring (bicyclic) bond motifs is 1. The molecule has 1 saturated heterocycles. The van der Waals surface area contributed by atoms with E-state index >= 15 is 0 Å². The predicted octanol–water partition coefficient (Wildman–Crippen LogP) is 3.08. The topological polar surface area (TPSA) is 179 Å². The van der Waals surface area contributed by atoms with Crippen LogP contribution in [0.25, 0.3) is 28.0 Å². The first kappa shape index (κ1) is 26.2. The molecule has 6 rings (SSSR count). The Balaban J connectivity index is 1.37. The summed E-state index contributed by atoms with van der Waals surface area (Å²) in [6, 6.07) is 5.16. The Morgan fingerprint density at radius 2 is 1.78 bits per heavy atom. The highest BCUT2D eigenvalue weighted by molar-refractivity contribution is 6.00. The first-order valence-electron chi connectivity index (χ1n) is 13.4. The lowest BCUT2D eigenvalue weighted by Gasteiger charge is -2.42. The molecule has 0 aliphatic carbocycles. The van der Waals surface area contributed by atoms with Gasteiger partial charge in [0.2, 0.25) is 0 Å². The number of likely N-dealkylation sites (tertiary alicyclic amines) is 1. The van der Waals surface area contributed by atoms with Crippen LogP contribution in [-0.2, 0) is 7.05 Å². The number of aromatic amines is 1. The van der Waals surface area contributed by atoms with Crippen LogP contribution in [0, 0.1) is 0 Å². The van der Waals surface area contributed by atoms with Crippen molar-refractivity contribution in [1.82, 2.24) is 44.5 Å². The number of H-pyrrole nitrogens is 1. The zero-order chi connectivity index (χ0) is 29.0. The van der Waals surface area contributed by atoms with Crippen molar-refractivity contribution in [3.63, 3.8) is 0 Å². The first-order chi connectivity index (χ1) is 19.6. The van der Waals surface area contributed by atoms with Crippen molar-refractivity contribution in [3.05, 3.63) is 59.9 Å². The number of amides is 1. The fourth-order valence-corrected chi connectivity index (χ4v) is 5.96. The van der Waals surface area contributed by atoms with Gasteiger partial charge in [0.25, 0.3) is 5.91 Å². The van der Waals surface area contributed by atoms with E-state index in [1.165, 1.54) is 17.5 Å². The normalized spacial score (nSPS) is 19.1. The summed E-state index contributed by atoms with van der Waals surface area (Å²) in [4.78, 5) is 37.6. The van der Waals surface area contributed by atoms with Crippen LogP contribution in [-0.4, -0.2) is 68.2 Å². The van der Waals surface area contributed by atoms with Crippen molar-refractivity contribution < 1.29 is 9.59 Å². The molecule has 5 aromatic heterocycles. The second-order valence-corrected chi connectivity index (χ2v) is 10.7. The maximum absolute atomic E-state index is 13.3. The number of piperidine rings is 1. The molecular weight excluding hydrogens is 522 g/mol. The molecule has 1 aliphatic heterocycles. The van der Waals surface area contributed by atoms with Crippen LogP contribution < -0.4 is 11.5 Å². The van der Waals surface area contributed by atoms with Gasteiger partial charge in [0.05, 0.1) is 29.3 Å². The van der Waals surface area contributed by atoms with Gasteiger partial charge in [-0.1, -0.05) is 6.07 Å². The quantitative estimate of drug-likeness (QED) is 0.276. The summed E-state index contributed by atoms with van der Waals surface area (Å²) in [5.41, 5.74) is 17.5. The monoisotopic (exact) mass is 553 g/mol. The molecule has 3 atom stereocenters. The summed E-state index contributed by atoms with van der Waals surface area (Å²) in [7, 11) is 1.86. The smallest absolute Gasteiger partial charge is 0.272 e. The summed E-state index contributed by atoms with van der Waals surface area (Å²) in [5.74, 6) is 0.0633. The third kappa shape index (κ3) is 4.48. The Kier molecular flexibility index (Phi) is 6.28. The number of nitrogens with two attached hydrogens (primary N) is 2. The second kappa shape index (κ2) is 9.84.